The first kappa shape index (κ1) is 21.2. The second-order valence-corrected chi connectivity index (χ2v) is 7.30. The molecule has 164 valence electrons. The third-order valence-corrected chi connectivity index (χ3v) is 5.27. The van der Waals surface area contributed by atoms with Crippen molar-refractivity contribution < 1.29 is 14.3 Å². The molecule has 8 nitrogen and oxygen atoms in total. The Morgan fingerprint density at radius 2 is 1.84 bits per heavy atom. The maximum atomic E-state index is 13.1. The van der Waals surface area contributed by atoms with Crippen LogP contribution in [0.1, 0.15) is 11.3 Å². The van der Waals surface area contributed by atoms with E-state index in [4.69, 9.17) is 9.47 Å². The Bertz CT molecular complexity index is 1330. The fourth-order valence-corrected chi connectivity index (χ4v) is 3.63. The van der Waals surface area contributed by atoms with Gasteiger partial charge in [-0.05, 0) is 37.3 Å². The average molecular weight is 432 g/mol. The number of hydrogen-bond acceptors (Lipinski definition) is 5. The quantitative estimate of drug-likeness (QED) is 0.485. The topological polar surface area (TPSA) is 87.4 Å². The number of aryl methyl sites for hydroxylation is 1. The molecule has 0 unspecified atom stereocenters. The second kappa shape index (κ2) is 8.97. The molecule has 1 N–H and O–H groups in total. The molecule has 0 atom stereocenters. The summed E-state index contributed by atoms with van der Waals surface area (Å²) in [6, 6.07) is 16.8. The SMILES string of the molecule is COc1ccc(CNC(=O)Cn2ccc3c(c(C)nn3-c3ccccc3)c2=O)c(OC)c1. The first-order chi connectivity index (χ1) is 15.5. The normalized spacial score (nSPS) is 10.8. The van der Waals surface area contributed by atoms with Crippen molar-refractivity contribution in [1.82, 2.24) is 19.7 Å². The minimum absolute atomic E-state index is 0.0940. The van der Waals surface area contributed by atoms with Crippen LogP contribution in [0.3, 0.4) is 0 Å². The molecule has 0 aliphatic heterocycles. The van der Waals surface area contributed by atoms with Gasteiger partial charge in [0.1, 0.15) is 18.0 Å². The van der Waals surface area contributed by atoms with Gasteiger partial charge in [-0.2, -0.15) is 5.10 Å². The summed E-state index contributed by atoms with van der Waals surface area (Å²) >= 11 is 0. The van der Waals surface area contributed by atoms with E-state index in [0.29, 0.717) is 28.1 Å². The molecule has 2 heterocycles. The number of nitrogens with zero attached hydrogens (tertiary/aromatic N) is 3. The number of carbonyl (C=O) groups is 1. The predicted octanol–water partition coefficient (Wildman–Crippen LogP) is 2.83. The molecule has 32 heavy (non-hydrogen) atoms. The van der Waals surface area contributed by atoms with Gasteiger partial charge < -0.3 is 19.4 Å². The van der Waals surface area contributed by atoms with Crippen molar-refractivity contribution in [2.24, 2.45) is 0 Å². The molecule has 0 aliphatic carbocycles. The maximum Gasteiger partial charge on any atom is 0.262 e. The molecule has 0 radical (unpaired) electrons. The van der Waals surface area contributed by atoms with Gasteiger partial charge in [-0.3, -0.25) is 9.59 Å². The summed E-state index contributed by atoms with van der Waals surface area (Å²) in [5.41, 5.74) is 2.75. The smallest absolute Gasteiger partial charge is 0.262 e. The van der Waals surface area contributed by atoms with Crippen LogP contribution in [0, 0.1) is 6.92 Å². The minimum Gasteiger partial charge on any atom is -0.497 e. The Labute approximate surface area is 185 Å². The lowest BCUT2D eigenvalue weighted by atomic mass is 10.2. The summed E-state index contributed by atoms with van der Waals surface area (Å²) in [7, 11) is 3.14. The van der Waals surface area contributed by atoms with Crippen LogP contribution in [0.5, 0.6) is 11.5 Å². The minimum atomic E-state index is -0.280. The second-order valence-electron chi connectivity index (χ2n) is 7.30. The van der Waals surface area contributed by atoms with Crippen molar-refractivity contribution in [2.75, 3.05) is 14.2 Å². The van der Waals surface area contributed by atoms with Crippen molar-refractivity contribution in [3.05, 3.63) is 82.4 Å². The highest BCUT2D eigenvalue weighted by Crippen LogP contribution is 2.24. The molecule has 0 bridgehead atoms. The van der Waals surface area contributed by atoms with Crippen molar-refractivity contribution in [2.45, 2.75) is 20.0 Å². The monoisotopic (exact) mass is 432 g/mol. The highest BCUT2D eigenvalue weighted by Gasteiger charge is 2.15. The number of para-hydroxylation sites is 1. The van der Waals surface area contributed by atoms with Crippen LogP contribution in [0.15, 0.2) is 65.6 Å². The van der Waals surface area contributed by atoms with Crippen LogP contribution in [-0.4, -0.2) is 34.5 Å². The Kier molecular flexibility index (Phi) is 5.93. The highest BCUT2D eigenvalue weighted by atomic mass is 16.5. The zero-order valence-electron chi connectivity index (χ0n) is 18.2. The van der Waals surface area contributed by atoms with Gasteiger partial charge in [-0.15, -0.1) is 0 Å². The first-order valence-corrected chi connectivity index (χ1v) is 10.1. The van der Waals surface area contributed by atoms with E-state index in [-0.39, 0.29) is 24.6 Å². The number of hydrogen-bond donors (Lipinski definition) is 1. The molecule has 0 aliphatic rings. The maximum absolute atomic E-state index is 13.1. The van der Waals surface area contributed by atoms with Crippen LogP contribution in [0.25, 0.3) is 16.6 Å². The van der Waals surface area contributed by atoms with Crippen molar-refractivity contribution >= 4 is 16.8 Å². The van der Waals surface area contributed by atoms with Crippen molar-refractivity contribution in [1.29, 1.82) is 0 Å². The number of carbonyl (C=O) groups excluding carboxylic acids is 1. The zero-order chi connectivity index (χ0) is 22.7. The standard InChI is InChI=1S/C24H24N4O4/c1-16-23-20(28(26-16)18-7-5-4-6-8-18)11-12-27(24(23)30)15-22(29)25-14-17-9-10-19(31-2)13-21(17)32-3/h4-13H,14-15H2,1-3H3,(H,25,29). The molecular weight excluding hydrogens is 408 g/mol. The highest BCUT2D eigenvalue weighted by molar-refractivity contribution is 5.83. The van der Waals surface area contributed by atoms with Gasteiger partial charge in [0.05, 0.1) is 36.5 Å². The number of benzene rings is 2. The van der Waals surface area contributed by atoms with Crippen molar-refractivity contribution in [3.8, 4) is 17.2 Å². The predicted molar refractivity (Wildman–Crippen MR) is 121 cm³/mol. The van der Waals surface area contributed by atoms with E-state index in [2.05, 4.69) is 10.4 Å². The van der Waals surface area contributed by atoms with E-state index in [9.17, 15) is 9.59 Å². The lowest BCUT2D eigenvalue weighted by Crippen LogP contribution is -2.32. The van der Waals surface area contributed by atoms with E-state index < -0.39 is 0 Å². The van der Waals surface area contributed by atoms with E-state index >= 15 is 0 Å². The van der Waals surface area contributed by atoms with Crippen LogP contribution in [-0.2, 0) is 17.9 Å². The summed E-state index contributed by atoms with van der Waals surface area (Å²) < 4.78 is 13.7. The molecule has 2 aromatic carbocycles. The Morgan fingerprint density at radius 1 is 1.06 bits per heavy atom. The Hall–Kier alpha value is -4.07. The van der Waals surface area contributed by atoms with Crippen molar-refractivity contribution in [3.63, 3.8) is 0 Å². The van der Waals surface area contributed by atoms with Gasteiger partial charge in [0.15, 0.2) is 0 Å². The number of aromatic nitrogens is 3. The molecule has 4 aromatic rings. The van der Waals surface area contributed by atoms with Crippen LogP contribution >= 0.6 is 0 Å². The van der Waals surface area contributed by atoms with E-state index in [0.717, 1.165) is 11.3 Å². The lowest BCUT2D eigenvalue weighted by molar-refractivity contribution is -0.121. The largest absolute Gasteiger partial charge is 0.497 e. The number of rotatable bonds is 7. The van der Waals surface area contributed by atoms with Crippen LogP contribution in [0.2, 0.25) is 0 Å². The van der Waals surface area contributed by atoms with Gasteiger partial charge in [-0.1, -0.05) is 18.2 Å². The first-order valence-electron chi connectivity index (χ1n) is 10.1. The molecule has 8 heteroatoms. The third-order valence-electron chi connectivity index (χ3n) is 5.27. The zero-order valence-corrected chi connectivity index (χ0v) is 18.2. The van der Waals surface area contributed by atoms with E-state index in [1.807, 2.05) is 42.5 Å². The number of ether oxygens (including phenoxy) is 2. The summed E-state index contributed by atoms with van der Waals surface area (Å²) in [5, 5.41) is 7.87. The third kappa shape index (κ3) is 4.07. The number of methoxy groups -OCH3 is 2. The number of pyridine rings is 1. The summed E-state index contributed by atoms with van der Waals surface area (Å²) in [4.78, 5) is 25.6. The van der Waals surface area contributed by atoms with Crippen LogP contribution in [0.4, 0.5) is 0 Å². The molecular formula is C24H24N4O4. The lowest BCUT2D eigenvalue weighted by Gasteiger charge is -2.12. The number of fused-ring (bicyclic) bond motifs is 1. The fraction of sp³-hybridized carbons (Fsp3) is 0.208. The summed E-state index contributed by atoms with van der Waals surface area (Å²) in [5.74, 6) is 1.01. The number of nitrogens with one attached hydrogen (secondary N) is 1. The average Bonchev–Trinajstić information content (AvgIpc) is 3.17. The molecule has 4 rings (SSSR count). The molecule has 0 fully saturated rings. The summed E-state index contributed by atoms with van der Waals surface area (Å²) in [6.07, 6.45) is 1.62. The molecule has 2 aromatic heterocycles. The van der Waals surface area contributed by atoms with Gasteiger partial charge >= 0.3 is 0 Å². The van der Waals surface area contributed by atoms with Gasteiger partial charge in [0.25, 0.3) is 5.56 Å². The Morgan fingerprint density at radius 3 is 2.56 bits per heavy atom. The van der Waals surface area contributed by atoms with Gasteiger partial charge in [-0.25, -0.2) is 4.68 Å². The fourth-order valence-electron chi connectivity index (χ4n) is 3.63. The number of amides is 1. The van der Waals surface area contributed by atoms with E-state index in [1.165, 1.54) is 4.57 Å². The molecule has 0 spiro atoms. The molecule has 1 amide bonds. The summed E-state index contributed by atoms with van der Waals surface area (Å²) in [6.45, 7) is 1.97. The van der Waals surface area contributed by atoms with Crippen LogP contribution < -0.4 is 20.3 Å². The molecule has 0 saturated carbocycles. The Balaban J connectivity index is 1.54. The molecule has 0 saturated heterocycles. The van der Waals surface area contributed by atoms with Gasteiger partial charge in [0, 0.05) is 24.4 Å². The van der Waals surface area contributed by atoms with E-state index in [1.54, 1.807) is 44.2 Å². The van der Waals surface area contributed by atoms with Gasteiger partial charge in [0.2, 0.25) is 5.91 Å².